The van der Waals surface area contributed by atoms with Crippen molar-refractivity contribution in [3.8, 4) is 0 Å². The van der Waals surface area contributed by atoms with E-state index >= 15 is 0 Å². The van der Waals surface area contributed by atoms with Gasteiger partial charge in [0.2, 0.25) is 0 Å². The van der Waals surface area contributed by atoms with Gasteiger partial charge in [-0.2, -0.15) is 0 Å². The van der Waals surface area contributed by atoms with Crippen molar-refractivity contribution in [1.82, 2.24) is 4.98 Å². The third kappa shape index (κ3) is 1.21. The van der Waals surface area contributed by atoms with E-state index in [0.717, 1.165) is 0 Å². The van der Waals surface area contributed by atoms with E-state index in [1.807, 2.05) is 0 Å². The molecule has 0 aliphatic heterocycles. The molecule has 0 aliphatic carbocycles. The van der Waals surface area contributed by atoms with Crippen molar-refractivity contribution in [3.63, 3.8) is 0 Å². The Morgan fingerprint density at radius 1 is 1.29 bits per heavy atom. The standard InChI is InChI=1S/C10H6ClF2N/c1-2-6-3-5-4-7(11)8(12)9(13)10(5)14-6/h2-4,14H,1H2. The summed E-state index contributed by atoms with van der Waals surface area (Å²) in [5.41, 5.74) is 0.738. The Morgan fingerprint density at radius 3 is 2.64 bits per heavy atom. The highest BCUT2D eigenvalue weighted by atomic mass is 35.5. The number of hydrogen-bond donors (Lipinski definition) is 1. The van der Waals surface area contributed by atoms with Crippen LogP contribution >= 0.6 is 11.6 Å². The first-order valence-corrected chi connectivity index (χ1v) is 4.30. The highest BCUT2D eigenvalue weighted by molar-refractivity contribution is 6.31. The Bertz CT molecular complexity index is 516. The second-order valence-corrected chi connectivity index (χ2v) is 3.29. The first kappa shape index (κ1) is 9.21. The van der Waals surface area contributed by atoms with Crippen LogP contribution in [-0.2, 0) is 0 Å². The van der Waals surface area contributed by atoms with Crippen LogP contribution in [0.15, 0.2) is 18.7 Å². The third-order valence-electron chi connectivity index (χ3n) is 1.99. The molecule has 1 N–H and O–H groups in total. The van der Waals surface area contributed by atoms with Gasteiger partial charge in [0.25, 0.3) is 0 Å². The summed E-state index contributed by atoms with van der Waals surface area (Å²) >= 11 is 5.49. The normalized spacial score (nSPS) is 10.8. The number of aromatic nitrogens is 1. The fourth-order valence-corrected chi connectivity index (χ4v) is 1.51. The van der Waals surface area contributed by atoms with Gasteiger partial charge in [0, 0.05) is 11.1 Å². The molecule has 1 nitrogen and oxygen atoms in total. The van der Waals surface area contributed by atoms with Gasteiger partial charge < -0.3 is 4.98 Å². The van der Waals surface area contributed by atoms with E-state index in [9.17, 15) is 8.78 Å². The summed E-state index contributed by atoms with van der Waals surface area (Å²) in [7, 11) is 0. The Labute approximate surface area is 84.0 Å². The highest BCUT2D eigenvalue weighted by Crippen LogP contribution is 2.27. The summed E-state index contributed by atoms with van der Waals surface area (Å²) in [5.74, 6) is -1.99. The maximum atomic E-state index is 13.3. The molecule has 0 radical (unpaired) electrons. The molecule has 0 fully saturated rings. The van der Waals surface area contributed by atoms with Crippen LogP contribution in [0.25, 0.3) is 17.0 Å². The summed E-state index contributed by atoms with van der Waals surface area (Å²) in [6, 6.07) is 3.02. The van der Waals surface area contributed by atoms with Crippen LogP contribution in [0.2, 0.25) is 5.02 Å². The molecule has 1 aromatic heterocycles. The number of fused-ring (bicyclic) bond motifs is 1. The number of benzene rings is 1. The minimum atomic E-state index is -1.03. The number of aromatic amines is 1. The molecule has 0 saturated carbocycles. The average molecular weight is 214 g/mol. The minimum absolute atomic E-state index is 0.113. The second kappa shape index (κ2) is 3.10. The summed E-state index contributed by atoms with van der Waals surface area (Å²) in [5, 5.41) is 0.313. The molecule has 0 spiro atoms. The molecule has 14 heavy (non-hydrogen) atoms. The summed E-state index contributed by atoms with van der Waals surface area (Å²) < 4.78 is 26.3. The van der Waals surface area contributed by atoms with E-state index in [1.54, 1.807) is 6.07 Å². The maximum absolute atomic E-state index is 13.3. The summed E-state index contributed by atoms with van der Waals surface area (Å²) in [6.45, 7) is 3.52. The lowest BCUT2D eigenvalue weighted by atomic mass is 10.2. The van der Waals surface area contributed by atoms with Gasteiger partial charge >= 0.3 is 0 Å². The first-order chi connectivity index (χ1) is 6.63. The van der Waals surface area contributed by atoms with Crippen molar-refractivity contribution in [2.24, 2.45) is 0 Å². The Morgan fingerprint density at radius 2 is 2.00 bits per heavy atom. The van der Waals surface area contributed by atoms with Crippen molar-refractivity contribution >= 4 is 28.6 Å². The zero-order chi connectivity index (χ0) is 10.3. The van der Waals surface area contributed by atoms with E-state index < -0.39 is 11.6 Å². The summed E-state index contributed by atoms with van der Waals surface area (Å²) in [4.78, 5) is 2.69. The van der Waals surface area contributed by atoms with E-state index in [1.165, 1.54) is 12.1 Å². The molecule has 1 aromatic carbocycles. The lowest BCUT2D eigenvalue weighted by molar-refractivity contribution is 0.516. The molecule has 0 unspecified atom stereocenters. The monoisotopic (exact) mass is 213 g/mol. The molecule has 0 bridgehead atoms. The largest absolute Gasteiger partial charge is 0.353 e. The van der Waals surface area contributed by atoms with Gasteiger partial charge in [0.05, 0.1) is 10.5 Å². The molecule has 2 rings (SSSR count). The maximum Gasteiger partial charge on any atom is 0.184 e. The van der Waals surface area contributed by atoms with Gasteiger partial charge in [-0.05, 0) is 18.2 Å². The van der Waals surface area contributed by atoms with Crippen LogP contribution in [0, 0.1) is 11.6 Å². The van der Waals surface area contributed by atoms with Crippen LogP contribution in [0.1, 0.15) is 5.69 Å². The minimum Gasteiger partial charge on any atom is -0.353 e. The molecule has 0 saturated heterocycles. The lowest BCUT2D eigenvalue weighted by Crippen LogP contribution is -1.86. The number of hydrogen-bond acceptors (Lipinski definition) is 0. The van der Waals surface area contributed by atoms with Crippen LogP contribution in [-0.4, -0.2) is 4.98 Å². The Kier molecular flexibility index (Phi) is 2.04. The van der Waals surface area contributed by atoms with E-state index in [2.05, 4.69) is 11.6 Å². The number of nitrogens with one attached hydrogen (secondary N) is 1. The van der Waals surface area contributed by atoms with Crippen LogP contribution in [0.4, 0.5) is 8.78 Å². The lowest BCUT2D eigenvalue weighted by Gasteiger charge is -1.97. The smallest absolute Gasteiger partial charge is 0.184 e. The van der Waals surface area contributed by atoms with Gasteiger partial charge in [-0.15, -0.1) is 0 Å². The molecular weight excluding hydrogens is 208 g/mol. The quantitative estimate of drug-likeness (QED) is 0.695. The van der Waals surface area contributed by atoms with Gasteiger partial charge in [-0.3, -0.25) is 0 Å². The predicted octanol–water partition coefficient (Wildman–Crippen LogP) is 3.74. The Hall–Kier alpha value is -1.35. The zero-order valence-electron chi connectivity index (χ0n) is 7.07. The molecule has 72 valence electrons. The molecular formula is C10H6ClF2N. The second-order valence-electron chi connectivity index (χ2n) is 2.88. The predicted molar refractivity (Wildman–Crippen MR) is 53.3 cm³/mol. The van der Waals surface area contributed by atoms with Crippen molar-refractivity contribution in [3.05, 3.63) is 41.1 Å². The topological polar surface area (TPSA) is 15.8 Å². The van der Waals surface area contributed by atoms with E-state index in [4.69, 9.17) is 11.6 Å². The van der Waals surface area contributed by atoms with Gasteiger partial charge in [-0.25, -0.2) is 8.78 Å². The van der Waals surface area contributed by atoms with E-state index in [0.29, 0.717) is 11.1 Å². The molecule has 1 heterocycles. The van der Waals surface area contributed by atoms with Crippen molar-refractivity contribution in [2.45, 2.75) is 0 Å². The molecule has 0 aliphatic rings. The first-order valence-electron chi connectivity index (χ1n) is 3.92. The number of halogens is 3. The zero-order valence-corrected chi connectivity index (χ0v) is 7.83. The number of H-pyrrole nitrogens is 1. The molecule has 4 heteroatoms. The number of rotatable bonds is 1. The van der Waals surface area contributed by atoms with Crippen LogP contribution in [0.3, 0.4) is 0 Å². The molecule has 0 amide bonds. The fraction of sp³-hybridized carbons (Fsp3) is 0. The van der Waals surface area contributed by atoms with Crippen molar-refractivity contribution in [2.75, 3.05) is 0 Å². The SMILES string of the molecule is C=Cc1cc2cc(Cl)c(F)c(F)c2[nH]1. The Balaban J connectivity index is 2.87. The van der Waals surface area contributed by atoms with E-state index in [-0.39, 0.29) is 10.5 Å². The van der Waals surface area contributed by atoms with Crippen molar-refractivity contribution in [1.29, 1.82) is 0 Å². The highest BCUT2D eigenvalue weighted by Gasteiger charge is 2.13. The fourth-order valence-electron chi connectivity index (χ4n) is 1.31. The third-order valence-corrected chi connectivity index (χ3v) is 2.27. The summed E-state index contributed by atoms with van der Waals surface area (Å²) in [6.07, 6.45) is 1.52. The van der Waals surface area contributed by atoms with Gasteiger partial charge in [-0.1, -0.05) is 18.2 Å². The van der Waals surface area contributed by atoms with Crippen LogP contribution < -0.4 is 0 Å². The molecule has 0 atom stereocenters. The van der Waals surface area contributed by atoms with Crippen molar-refractivity contribution < 1.29 is 8.78 Å². The molecule has 2 aromatic rings. The van der Waals surface area contributed by atoms with Gasteiger partial charge in [0.15, 0.2) is 11.6 Å². The van der Waals surface area contributed by atoms with Crippen LogP contribution in [0.5, 0.6) is 0 Å². The van der Waals surface area contributed by atoms with Gasteiger partial charge in [0.1, 0.15) is 0 Å². The average Bonchev–Trinajstić information content (AvgIpc) is 2.57.